The fourth-order valence-electron chi connectivity index (χ4n) is 6.98. The van der Waals surface area contributed by atoms with Crippen molar-refractivity contribution < 1.29 is 13.2 Å². The molecule has 1 N–H and O–H groups in total. The minimum Gasteiger partial charge on any atom is -0.309 e. The van der Waals surface area contributed by atoms with Crippen molar-refractivity contribution >= 4 is 15.9 Å². The molecule has 0 amide bonds. The molecule has 31 heavy (non-hydrogen) atoms. The van der Waals surface area contributed by atoms with E-state index in [4.69, 9.17) is 0 Å². The third-order valence-electron chi connectivity index (χ3n) is 8.50. The van der Waals surface area contributed by atoms with Crippen molar-refractivity contribution in [2.24, 2.45) is 17.3 Å². The van der Waals surface area contributed by atoms with Gasteiger partial charge >= 0.3 is 6.18 Å². The van der Waals surface area contributed by atoms with Crippen LogP contribution in [-0.2, 0) is 19.1 Å². The van der Waals surface area contributed by atoms with Gasteiger partial charge in [0.15, 0.2) is 0 Å². The number of hydrogen-bond acceptors (Lipinski definition) is 1. The van der Waals surface area contributed by atoms with Crippen LogP contribution in [0, 0.1) is 17.3 Å². The van der Waals surface area contributed by atoms with Crippen LogP contribution < -0.4 is 5.32 Å². The minimum absolute atomic E-state index is 0.232. The van der Waals surface area contributed by atoms with Crippen molar-refractivity contribution in [3.05, 3.63) is 69.2 Å². The zero-order valence-corrected chi connectivity index (χ0v) is 19.4. The first kappa shape index (κ1) is 21.5. The van der Waals surface area contributed by atoms with Gasteiger partial charge in [0.2, 0.25) is 0 Å². The normalized spacial score (nSPS) is 32.3. The number of benzene rings is 2. The average molecular weight is 492 g/mol. The van der Waals surface area contributed by atoms with E-state index in [1.807, 2.05) is 0 Å². The molecule has 2 saturated carbocycles. The van der Waals surface area contributed by atoms with Crippen LogP contribution in [0.4, 0.5) is 13.2 Å². The lowest BCUT2D eigenvalue weighted by Gasteiger charge is -2.51. The van der Waals surface area contributed by atoms with Crippen LogP contribution in [0.3, 0.4) is 0 Å². The molecular formula is C26H29BrF3N. The molecule has 0 unspecified atom stereocenters. The highest BCUT2D eigenvalue weighted by Crippen LogP contribution is 2.61. The predicted molar refractivity (Wildman–Crippen MR) is 121 cm³/mol. The molecule has 0 saturated heterocycles. The second kappa shape index (κ2) is 7.91. The Hall–Kier alpha value is -1.33. The van der Waals surface area contributed by atoms with Gasteiger partial charge in [-0.1, -0.05) is 47.1 Å². The summed E-state index contributed by atoms with van der Waals surface area (Å²) in [5.41, 5.74) is 3.46. The summed E-state index contributed by atoms with van der Waals surface area (Å²) < 4.78 is 40.3. The van der Waals surface area contributed by atoms with E-state index < -0.39 is 11.7 Å². The third kappa shape index (κ3) is 3.86. The number of aryl methyl sites for hydroxylation is 1. The maximum absolute atomic E-state index is 13.1. The zero-order valence-electron chi connectivity index (χ0n) is 17.8. The van der Waals surface area contributed by atoms with Crippen molar-refractivity contribution in [3.63, 3.8) is 0 Å². The first-order valence-electron chi connectivity index (χ1n) is 11.4. The number of alkyl halides is 3. The molecule has 0 aromatic heterocycles. The van der Waals surface area contributed by atoms with Crippen molar-refractivity contribution in [1.82, 2.24) is 5.32 Å². The lowest BCUT2D eigenvalue weighted by Crippen LogP contribution is -2.48. The van der Waals surface area contributed by atoms with E-state index in [2.05, 4.69) is 46.4 Å². The van der Waals surface area contributed by atoms with Crippen LogP contribution in [0.15, 0.2) is 46.9 Å². The van der Waals surface area contributed by atoms with Gasteiger partial charge in [0.25, 0.3) is 0 Å². The van der Waals surface area contributed by atoms with Crippen LogP contribution in [0.25, 0.3) is 0 Å². The molecule has 2 aromatic rings. The summed E-state index contributed by atoms with van der Waals surface area (Å²) in [5.74, 6) is 2.09. The number of fused-ring (bicyclic) bond motifs is 5. The quantitative estimate of drug-likeness (QED) is 0.468. The molecule has 0 aliphatic heterocycles. The maximum Gasteiger partial charge on any atom is 0.416 e. The SMILES string of the molecule is C[C@]12CC[C@@H]3c4ccc(Br)cc4CC[C@H]3[C@@H]1CC[C@@H]2NCc1cccc(C(F)(F)F)c1. The smallest absolute Gasteiger partial charge is 0.309 e. The zero-order chi connectivity index (χ0) is 21.8. The summed E-state index contributed by atoms with van der Waals surface area (Å²) in [6, 6.07) is 12.9. The van der Waals surface area contributed by atoms with E-state index >= 15 is 0 Å². The summed E-state index contributed by atoms with van der Waals surface area (Å²) >= 11 is 3.62. The molecule has 2 aromatic carbocycles. The molecule has 5 atom stereocenters. The molecule has 1 nitrogen and oxygen atoms in total. The Labute approximate surface area is 190 Å². The van der Waals surface area contributed by atoms with Crippen molar-refractivity contribution in [2.75, 3.05) is 0 Å². The molecule has 0 radical (unpaired) electrons. The van der Waals surface area contributed by atoms with Gasteiger partial charge in [-0.3, -0.25) is 0 Å². The highest BCUT2D eigenvalue weighted by Gasteiger charge is 2.54. The second-order valence-electron chi connectivity index (χ2n) is 10.0. The fraction of sp³-hybridized carbons (Fsp3) is 0.538. The van der Waals surface area contributed by atoms with E-state index in [1.165, 1.54) is 47.9 Å². The Morgan fingerprint density at radius 2 is 1.90 bits per heavy atom. The lowest BCUT2D eigenvalue weighted by molar-refractivity contribution is -0.137. The monoisotopic (exact) mass is 491 g/mol. The number of nitrogens with one attached hydrogen (secondary N) is 1. The van der Waals surface area contributed by atoms with Gasteiger partial charge in [-0.25, -0.2) is 0 Å². The van der Waals surface area contributed by atoms with E-state index in [1.54, 1.807) is 11.6 Å². The fourth-order valence-corrected chi connectivity index (χ4v) is 7.39. The first-order chi connectivity index (χ1) is 14.8. The Bertz CT molecular complexity index is 971. The van der Waals surface area contributed by atoms with Gasteiger partial charge in [0, 0.05) is 17.1 Å². The van der Waals surface area contributed by atoms with Crippen LogP contribution in [0.2, 0.25) is 0 Å². The highest BCUT2D eigenvalue weighted by molar-refractivity contribution is 9.10. The molecule has 0 spiro atoms. The van der Waals surface area contributed by atoms with Gasteiger partial charge in [0.05, 0.1) is 5.56 Å². The first-order valence-corrected chi connectivity index (χ1v) is 12.2. The maximum atomic E-state index is 13.1. The van der Waals surface area contributed by atoms with E-state index in [-0.39, 0.29) is 5.41 Å². The molecule has 3 aliphatic rings. The number of halogens is 4. The topological polar surface area (TPSA) is 12.0 Å². The van der Waals surface area contributed by atoms with Crippen molar-refractivity contribution in [2.45, 2.75) is 70.1 Å². The predicted octanol–water partition coefficient (Wildman–Crippen LogP) is 7.48. The summed E-state index contributed by atoms with van der Waals surface area (Å²) in [7, 11) is 0. The van der Waals surface area contributed by atoms with E-state index in [0.29, 0.717) is 30.0 Å². The van der Waals surface area contributed by atoms with Gasteiger partial charge in [0.1, 0.15) is 0 Å². The summed E-state index contributed by atoms with van der Waals surface area (Å²) in [6.07, 6.45) is 2.88. The molecule has 0 heterocycles. The average Bonchev–Trinajstić information content (AvgIpc) is 3.08. The minimum atomic E-state index is -4.29. The number of rotatable bonds is 3. The summed E-state index contributed by atoms with van der Waals surface area (Å²) in [4.78, 5) is 0. The molecule has 5 heteroatoms. The summed E-state index contributed by atoms with van der Waals surface area (Å²) in [6.45, 7) is 2.93. The van der Waals surface area contributed by atoms with Gasteiger partial charge < -0.3 is 5.32 Å². The van der Waals surface area contributed by atoms with E-state index in [0.717, 1.165) is 24.8 Å². The Morgan fingerprint density at radius 1 is 1.06 bits per heavy atom. The molecular weight excluding hydrogens is 463 g/mol. The number of hydrogen-bond donors (Lipinski definition) is 1. The van der Waals surface area contributed by atoms with Crippen LogP contribution in [-0.4, -0.2) is 6.04 Å². The van der Waals surface area contributed by atoms with Crippen molar-refractivity contribution in [1.29, 1.82) is 0 Å². The Kier molecular flexibility index (Phi) is 5.49. The Balaban J connectivity index is 1.30. The Morgan fingerprint density at radius 3 is 2.71 bits per heavy atom. The standard InChI is InChI=1S/C26H29BrF3N/c1-25-12-11-21-20-8-6-19(27)14-17(20)5-7-22(21)23(25)9-10-24(25)31-15-16-3-2-4-18(13-16)26(28,29)30/h2-4,6,8,13-14,21-24,31H,5,7,9-12,15H2,1H3/t21-,22-,23+,24+,25+/m1/s1. The van der Waals surface area contributed by atoms with Crippen LogP contribution >= 0.6 is 15.9 Å². The molecule has 0 bridgehead atoms. The molecule has 2 fully saturated rings. The second-order valence-corrected chi connectivity index (χ2v) is 10.9. The lowest BCUT2D eigenvalue weighted by atomic mass is 9.55. The van der Waals surface area contributed by atoms with Gasteiger partial charge in [-0.05, 0) is 96.6 Å². The molecule has 3 aliphatic carbocycles. The third-order valence-corrected chi connectivity index (χ3v) is 8.99. The summed E-state index contributed by atoms with van der Waals surface area (Å²) in [5, 5.41) is 3.66. The van der Waals surface area contributed by atoms with Crippen LogP contribution in [0.5, 0.6) is 0 Å². The molecule has 5 rings (SSSR count). The largest absolute Gasteiger partial charge is 0.416 e. The molecule has 166 valence electrons. The van der Waals surface area contributed by atoms with E-state index in [9.17, 15) is 13.2 Å². The van der Waals surface area contributed by atoms with Crippen LogP contribution in [0.1, 0.15) is 67.2 Å². The van der Waals surface area contributed by atoms with Gasteiger partial charge in [-0.15, -0.1) is 0 Å². The van der Waals surface area contributed by atoms with Crippen molar-refractivity contribution in [3.8, 4) is 0 Å². The highest BCUT2D eigenvalue weighted by atomic mass is 79.9. The van der Waals surface area contributed by atoms with Gasteiger partial charge in [-0.2, -0.15) is 13.2 Å².